The van der Waals surface area contributed by atoms with Gasteiger partial charge in [-0.15, -0.1) is 0 Å². The second kappa shape index (κ2) is 7.08. The summed E-state index contributed by atoms with van der Waals surface area (Å²) in [6.45, 7) is 0.00752. The van der Waals surface area contributed by atoms with Crippen LogP contribution in [0.5, 0.6) is 0 Å². The molecule has 0 spiro atoms. The Morgan fingerprint density at radius 1 is 1.17 bits per heavy atom. The average Bonchev–Trinajstić information content (AvgIpc) is 3.02. The number of carbonyl (C=O) groups is 1. The highest BCUT2D eigenvalue weighted by atomic mass is 16.5. The van der Waals surface area contributed by atoms with Crippen molar-refractivity contribution >= 4 is 23.0 Å². The van der Waals surface area contributed by atoms with Gasteiger partial charge >= 0.3 is 0 Å². The van der Waals surface area contributed by atoms with Gasteiger partial charge in [-0.05, 0) is 34.9 Å². The molecular formula is C18H17N3O3. The number of nitrogens with one attached hydrogen (secondary N) is 2. The maximum atomic E-state index is 10.9. The van der Waals surface area contributed by atoms with E-state index in [1.807, 2.05) is 42.5 Å². The molecule has 0 aliphatic heterocycles. The zero-order chi connectivity index (χ0) is 16.9. The molecule has 0 aliphatic carbocycles. The van der Waals surface area contributed by atoms with Gasteiger partial charge < -0.3 is 10.1 Å². The van der Waals surface area contributed by atoms with Crippen molar-refractivity contribution in [3.8, 4) is 0 Å². The lowest BCUT2D eigenvalue weighted by molar-refractivity contribution is -0.124. The van der Waals surface area contributed by atoms with Gasteiger partial charge in [0.2, 0.25) is 0 Å². The molecule has 0 atom stereocenters. The summed E-state index contributed by atoms with van der Waals surface area (Å²) in [7, 11) is 0. The van der Waals surface area contributed by atoms with Crippen molar-refractivity contribution in [2.75, 3.05) is 0 Å². The van der Waals surface area contributed by atoms with Crippen molar-refractivity contribution in [1.29, 1.82) is 0 Å². The smallest absolute Gasteiger partial charge is 0.267 e. The van der Waals surface area contributed by atoms with Crippen molar-refractivity contribution in [2.45, 2.75) is 13.0 Å². The molecule has 2 aromatic carbocycles. The Morgan fingerprint density at radius 3 is 2.62 bits per heavy atom. The zero-order valence-corrected chi connectivity index (χ0v) is 12.9. The van der Waals surface area contributed by atoms with Gasteiger partial charge in [0.15, 0.2) is 0 Å². The fraction of sp³-hybridized carbons (Fsp3) is 0.111. The van der Waals surface area contributed by atoms with Gasteiger partial charge in [-0.3, -0.25) is 10.0 Å². The third-order valence-corrected chi connectivity index (χ3v) is 3.67. The number of aliphatic hydroxyl groups is 1. The van der Waals surface area contributed by atoms with Crippen LogP contribution in [-0.2, 0) is 17.8 Å². The van der Waals surface area contributed by atoms with Gasteiger partial charge in [0.05, 0.1) is 17.6 Å². The van der Waals surface area contributed by atoms with Crippen LogP contribution in [-0.4, -0.2) is 26.2 Å². The predicted octanol–water partition coefficient (Wildman–Crippen LogP) is 2.16. The summed E-state index contributed by atoms with van der Waals surface area (Å²) in [5.74, 6) is 0.284. The molecule has 0 unspecified atom stereocenters. The molecular weight excluding hydrogens is 306 g/mol. The number of amides is 1. The Bertz CT molecular complexity index is 882. The molecule has 6 nitrogen and oxygen atoms in total. The van der Waals surface area contributed by atoms with E-state index >= 15 is 0 Å². The van der Waals surface area contributed by atoms with E-state index in [1.54, 1.807) is 11.6 Å². The number of benzene rings is 2. The zero-order valence-electron chi connectivity index (χ0n) is 12.9. The maximum Gasteiger partial charge on any atom is 0.267 e. The summed E-state index contributed by atoms with van der Waals surface area (Å²) in [4.78, 5) is 18.8. The van der Waals surface area contributed by atoms with E-state index in [0.717, 1.165) is 33.5 Å². The van der Waals surface area contributed by atoms with Gasteiger partial charge in [0.25, 0.3) is 5.91 Å². The van der Waals surface area contributed by atoms with Crippen LogP contribution in [0, 0.1) is 0 Å². The lowest BCUT2D eigenvalue weighted by Gasteiger charge is -1.99. The van der Waals surface area contributed by atoms with E-state index in [2.05, 4.69) is 9.97 Å². The standard InChI is InChI=1S/C18H17N3O3/c22-11-14-5-7-15-16(9-14)20-17(19-15)10-13-3-1-12(2-4-13)6-8-18(23)21-24/h1-9,22,24H,10-11H2,(H,19,20)(H,21,23)/b8-6+. The topological polar surface area (TPSA) is 98.2 Å². The quantitative estimate of drug-likeness (QED) is 0.328. The molecule has 1 aromatic heterocycles. The highest BCUT2D eigenvalue weighted by Crippen LogP contribution is 2.16. The number of hydrogen-bond acceptors (Lipinski definition) is 4. The molecule has 122 valence electrons. The van der Waals surface area contributed by atoms with Crippen molar-refractivity contribution in [1.82, 2.24) is 15.4 Å². The van der Waals surface area contributed by atoms with Crippen LogP contribution < -0.4 is 5.48 Å². The van der Waals surface area contributed by atoms with Gasteiger partial charge in [0, 0.05) is 12.5 Å². The maximum absolute atomic E-state index is 10.9. The molecule has 3 aromatic rings. The summed E-state index contributed by atoms with van der Waals surface area (Å²) in [6, 6.07) is 13.3. The number of rotatable bonds is 5. The SMILES string of the molecule is O=C(/C=C/c1ccc(Cc2nc3ccc(CO)cc3[nH]2)cc1)NO. The van der Waals surface area contributed by atoms with Gasteiger partial charge in [-0.1, -0.05) is 30.3 Å². The Labute approximate surface area is 138 Å². The van der Waals surface area contributed by atoms with E-state index in [-0.39, 0.29) is 6.61 Å². The minimum Gasteiger partial charge on any atom is -0.392 e. The molecule has 0 saturated heterocycles. The van der Waals surface area contributed by atoms with E-state index in [4.69, 9.17) is 5.21 Å². The number of nitrogens with zero attached hydrogens (tertiary/aromatic N) is 1. The number of imidazole rings is 1. The largest absolute Gasteiger partial charge is 0.392 e. The number of hydroxylamine groups is 1. The van der Waals surface area contributed by atoms with Gasteiger partial charge in [-0.25, -0.2) is 10.5 Å². The minimum absolute atomic E-state index is 0.00752. The molecule has 0 bridgehead atoms. The van der Waals surface area contributed by atoms with Crippen molar-refractivity contribution in [2.24, 2.45) is 0 Å². The monoisotopic (exact) mass is 323 g/mol. The van der Waals surface area contributed by atoms with E-state index in [9.17, 15) is 9.90 Å². The third kappa shape index (κ3) is 3.68. The van der Waals surface area contributed by atoms with E-state index < -0.39 is 5.91 Å². The molecule has 6 heteroatoms. The third-order valence-electron chi connectivity index (χ3n) is 3.67. The van der Waals surface area contributed by atoms with Crippen LogP contribution in [0.2, 0.25) is 0 Å². The van der Waals surface area contributed by atoms with Crippen LogP contribution in [0.25, 0.3) is 17.1 Å². The van der Waals surface area contributed by atoms with Crippen LogP contribution in [0.1, 0.15) is 22.5 Å². The lowest BCUT2D eigenvalue weighted by atomic mass is 10.1. The number of aromatic nitrogens is 2. The molecule has 24 heavy (non-hydrogen) atoms. The fourth-order valence-electron chi connectivity index (χ4n) is 2.44. The number of hydrogen-bond donors (Lipinski definition) is 4. The Morgan fingerprint density at radius 2 is 1.92 bits per heavy atom. The average molecular weight is 323 g/mol. The minimum atomic E-state index is -0.566. The lowest BCUT2D eigenvalue weighted by Crippen LogP contribution is -2.14. The summed E-state index contributed by atoms with van der Waals surface area (Å²) >= 11 is 0. The number of aliphatic hydroxyl groups excluding tert-OH is 1. The summed E-state index contributed by atoms with van der Waals surface area (Å²) < 4.78 is 0. The highest BCUT2D eigenvalue weighted by Gasteiger charge is 2.05. The molecule has 4 N–H and O–H groups in total. The first-order valence-electron chi connectivity index (χ1n) is 7.47. The molecule has 3 rings (SSSR count). The first kappa shape index (κ1) is 15.9. The summed E-state index contributed by atoms with van der Waals surface area (Å²) in [5, 5.41) is 17.6. The van der Waals surface area contributed by atoms with Crippen molar-refractivity contribution in [3.63, 3.8) is 0 Å². The molecule has 0 radical (unpaired) electrons. The molecule has 0 aliphatic rings. The van der Waals surface area contributed by atoms with E-state index in [1.165, 1.54) is 6.08 Å². The van der Waals surface area contributed by atoms with E-state index in [0.29, 0.717) is 6.42 Å². The van der Waals surface area contributed by atoms with Crippen molar-refractivity contribution in [3.05, 3.63) is 71.1 Å². The highest BCUT2D eigenvalue weighted by molar-refractivity contribution is 5.90. The Kier molecular flexibility index (Phi) is 4.69. The molecule has 0 saturated carbocycles. The normalized spacial score (nSPS) is 11.2. The Balaban J connectivity index is 1.74. The van der Waals surface area contributed by atoms with Crippen LogP contribution in [0.4, 0.5) is 0 Å². The predicted molar refractivity (Wildman–Crippen MR) is 90.2 cm³/mol. The van der Waals surface area contributed by atoms with Gasteiger partial charge in [0.1, 0.15) is 5.82 Å². The molecule has 1 amide bonds. The second-order valence-corrected chi connectivity index (χ2v) is 5.42. The molecule has 0 fully saturated rings. The molecule has 1 heterocycles. The second-order valence-electron chi connectivity index (χ2n) is 5.42. The van der Waals surface area contributed by atoms with Crippen LogP contribution >= 0.6 is 0 Å². The van der Waals surface area contributed by atoms with Crippen molar-refractivity contribution < 1.29 is 15.1 Å². The Hall–Kier alpha value is -2.96. The summed E-state index contributed by atoms with van der Waals surface area (Å²) in [5.41, 5.74) is 6.12. The first-order chi connectivity index (χ1) is 11.7. The fourth-order valence-corrected chi connectivity index (χ4v) is 2.44. The number of H-pyrrole nitrogens is 1. The number of fused-ring (bicyclic) bond motifs is 1. The van der Waals surface area contributed by atoms with Crippen LogP contribution in [0.15, 0.2) is 48.5 Å². The number of aromatic amines is 1. The van der Waals surface area contributed by atoms with Gasteiger partial charge in [-0.2, -0.15) is 0 Å². The van der Waals surface area contributed by atoms with Crippen LogP contribution in [0.3, 0.4) is 0 Å². The number of carbonyl (C=O) groups excluding carboxylic acids is 1. The first-order valence-corrected chi connectivity index (χ1v) is 7.47. The summed E-state index contributed by atoms with van der Waals surface area (Å²) in [6.07, 6.45) is 3.53.